The Labute approximate surface area is 126 Å². The smallest absolute Gasteiger partial charge is 0.342 e. The first kappa shape index (κ1) is 19.1. The highest BCUT2D eigenvalue weighted by atomic mass is 35.5. The minimum absolute atomic E-state index is 0. The van der Waals surface area contributed by atoms with Crippen LogP contribution in [-0.4, -0.2) is 28.8 Å². The Hall–Kier alpha value is -1.93. The fourth-order valence-electron chi connectivity index (χ4n) is 1.72. The number of phenolic OH excluding ortho intramolecular Hbond substituents is 1. The molecule has 2 atom stereocenters. The van der Waals surface area contributed by atoms with Crippen molar-refractivity contribution in [2.24, 2.45) is 5.73 Å². The molecule has 1 aromatic carbocycles. The van der Waals surface area contributed by atoms with Gasteiger partial charge in [-0.2, -0.15) is 0 Å². The molecule has 0 aliphatic rings. The fraction of sp³-hybridized carbons (Fsp3) is 0.417. The number of hydrogen-bond acceptors (Lipinski definition) is 6. The predicted molar refractivity (Wildman–Crippen MR) is 75.2 cm³/mol. The summed E-state index contributed by atoms with van der Waals surface area (Å²) in [4.78, 5) is 21.3. The number of alkyl halides is 1. The van der Waals surface area contributed by atoms with Crippen molar-refractivity contribution in [3.8, 4) is 5.75 Å². The van der Waals surface area contributed by atoms with E-state index in [1.165, 1.54) is 26.0 Å². The lowest BCUT2D eigenvalue weighted by molar-refractivity contribution is -0.386. The molecule has 0 aliphatic heterocycles. The van der Waals surface area contributed by atoms with Crippen LogP contribution in [0.3, 0.4) is 0 Å². The highest BCUT2D eigenvalue weighted by Gasteiger charge is 2.32. The summed E-state index contributed by atoms with van der Waals surface area (Å²) in [6, 6.07) is 1.02. The number of nitro groups is 1. The van der Waals surface area contributed by atoms with E-state index in [9.17, 15) is 24.4 Å². The first-order chi connectivity index (χ1) is 9.31. The standard InChI is InChI=1S/C12H15FN2O5.ClH/c1-3-20-12(17)8(13)9(14)7-5-4-6(2)10(11(7)16)15(18)19;/h4-5,8-9,16H,3,14H2,1-2H3;1H/t8?,9-;/m0./s1. The third kappa shape index (κ3) is 4.02. The molecule has 1 aromatic rings. The van der Waals surface area contributed by atoms with Gasteiger partial charge < -0.3 is 15.6 Å². The molecule has 0 radical (unpaired) electrons. The predicted octanol–water partition coefficient (Wildman–Crippen LogP) is 1.93. The summed E-state index contributed by atoms with van der Waals surface area (Å²) in [6.45, 7) is 2.90. The number of nitrogens with two attached hydrogens (primary N) is 1. The molecule has 0 bridgehead atoms. The number of halogens is 2. The second-order valence-corrected chi connectivity index (χ2v) is 4.11. The number of nitrogens with zero attached hydrogens (tertiary/aromatic N) is 1. The summed E-state index contributed by atoms with van der Waals surface area (Å²) < 4.78 is 18.3. The van der Waals surface area contributed by atoms with Crippen molar-refractivity contribution >= 4 is 24.1 Å². The molecule has 0 saturated heterocycles. The normalized spacial score (nSPS) is 13.0. The van der Waals surface area contributed by atoms with E-state index in [1.807, 2.05) is 0 Å². The molecule has 1 unspecified atom stereocenters. The molecule has 0 heterocycles. The Morgan fingerprint density at radius 1 is 1.57 bits per heavy atom. The Kier molecular flexibility index (Phi) is 7.04. The Bertz CT molecular complexity index is 541. The van der Waals surface area contributed by atoms with Crippen LogP contribution in [0.25, 0.3) is 0 Å². The van der Waals surface area contributed by atoms with E-state index in [0.717, 1.165) is 0 Å². The lowest BCUT2D eigenvalue weighted by Gasteiger charge is -2.17. The zero-order valence-corrected chi connectivity index (χ0v) is 12.2. The highest BCUT2D eigenvalue weighted by molar-refractivity contribution is 5.85. The first-order valence-electron chi connectivity index (χ1n) is 5.84. The number of nitro benzene ring substituents is 1. The zero-order chi connectivity index (χ0) is 15.4. The fourth-order valence-corrected chi connectivity index (χ4v) is 1.72. The van der Waals surface area contributed by atoms with Crippen LogP contribution in [0.2, 0.25) is 0 Å². The molecule has 9 heteroatoms. The van der Waals surface area contributed by atoms with Crippen LogP contribution >= 0.6 is 12.4 Å². The topological polar surface area (TPSA) is 116 Å². The summed E-state index contributed by atoms with van der Waals surface area (Å²) in [5, 5.41) is 20.7. The number of carbonyl (C=O) groups excluding carboxylic acids is 1. The van der Waals surface area contributed by atoms with Crippen LogP contribution in [0.5, 0.6) is 5.75 Å². The van der Waals surface area contributed by atoms with Crippen molar-refractivity contribution in [3.05, 3.63) is 33.4 Å². The van der Waals surface area contributed by atoms with E-state index in [2.05, 4.69) is 4.74 Å². The first-order valence-corrected chi connectivity index (χ1v) is 5.84. The van der Waals surface area contributed by atoms with Gasteiger partial charge in [-0.3, -0.25) is 10.1 Å². The molecule has 21 heavy (non-hydrogen) atoms. The summed E-state index contributed by atoms with van der Waals surface area (Å²) in [5.74, 6) is -1.92. The van der Waals surface area contributed by atoms with E-state index in [1.54, 1.807) is 0 Å². The van der Waals surface area contributed by atoms with Crippen LogP contribution in [-0.2, 0) is 9.53 Å². The molecule has 0 amide bonds. The van der Waals surface area contributed by atoms with Gasteiger partial charge in [0.2, 0.25) is 6.17 Å². The number of aryl methyl sites for hydroxylation is 1. The molecule has 7 nitrogen and oxygen atoms in total. The van der Waals surface area contributed by atoms with Gasteiger partial charge in [0.1, 0.15) is 0 Å². The number of aromatic hydroxyl groups is 1. The Morgan fingerprint density at radius 2 is 2.14 bits per heavy atom. The maximum atomic E-state index is 13.8. The van der Waals surface area contributed by atoms with Gasteiger partial charge in [0.15, 0.2) is 5.75 Å². The van der Waals surface area contributed by atoms with Crippen LogP contribution in [0, 0.1) is 17.0 Å². The molecular weight excluding hydrogens is 307 g/mol. The monoisotopic (exact) mass is 322 g/mol. The summed E-state index contributed by atoms with van der Waals surface area (Å²) in [7, 11) is 0. The van der Waals surface area contributed by atoms with E-state index < -0.39 is 34.5 Å². The van der Waals surface area contributed by atoms with Crippen molar-refractivity contribution in [3.63, 3.8) is 0 Å². The number of hydrogen-bond donors (Lipinski definition) is 2. The minimum Gasteiger partial charge on any atom is -0.502 e. The second-order valence-electron chi connectivity index (χ2n) is 4.11. The number of rotatable bonds is 5. The second kappa shape index (κ2) is 7.75. The number of carbonyl (C=O) groups is 1. The van der Waals surface area contributed by atoms with E-state index >= 15 is 0 Å². The number of ether oxygens (including phenoxy) is 1. The zero-order valence-electron chi connectivity index (χ0n) is 11.4. The lowest BCUT2D eigenvalue weighted by atomic mass is 9.99. The highest BCUT2D eigenvalue weighted by Crippen LogP contribution is 2.37. The lowest BCUT2D eigenvalue weighted by Crippen LogP contribution is -2.31. The van der Waals surface area contributed by atoms with Crippen molar-refractivity contribution in [1.82, 2.24) is 0 Å². The molecule has 118 valence electrons. The maximum Gasteiger partial charge on any atom is 0.342 e. The summed E-state index contributed by atoms with van der Waals surface area (Å²) in [5.41, 5.74) is 4.95. The number of benzene rings is 1. The third-order valence-corrected chi connectivity index (χ3v) is 2.75. The van der Waals surface area contributed by atoms with Gasteiger partial charge in [-0.15, -0.1) is 12.4 Å². The van der Waals surface area contributed by atoms with Crippen LogP contribution in [0.1, 0.15) is 24.1 Å². The molecule has 0 aromatic heterocycles. The van der Waals surface area contributed by atoms with Gasteiger partial charge in [-0.05, 0) is 13.8 Å². The maximum absolute atomic E-state index is 13.8. The van der Waals surface area contributed by atoms with Gasteiger partial charge in [0, 0.05) is 11.1 Å². The van der Waals surface area contributed by atoms with Gasteiger partial charge in [0.25, 0.3) is 0 Å². The molecule has 0 fully saturated rings. The van der Waals surface area contributed by atoms with E-state index in [4.69, 9.17) is 5.73 Å². The minimum atomic E-state index is -2.22. The van der Waals surface area contributed by atoms with Crippen molar-refractivity contribution in [2.75, 3.05) is 6.61 Å². The third-order valence-electron chi connectivity index (χ3n) is 2.75. The van der Waals surface area contributed by atoms with Gasteiger partial charge >= 0.3 is 11.7 Å². The number of phenols is 1. The van der Waals surface area contributed by atoms with Gasteiger partial charge in [0.05, 0.1) is 17.6 Å². The largest absolute Gasteiger partial charge is 0.502 e. The molecule has 0 saturated carbocycles. The van der Waals surface area contributed by atoms with E-state index in [0.29, 0.717) is 0 Å². The van der Waals surface area contributed by atoms with Crippen LogP contribution < -0.4 is 5.73 Å². The molecule has 3 N–H and O–H groups in total. The summed E-state index contributed by atoms with van der Waals surface area (Å²) in [6.07, 6.45) is -2.22. The summed E-state index contributed by atoms with van der Waals surface area (Å²) >= 11 is 0. The number of esters is 1. The van der Waals surface area contributed by atoms with E-state index in [-0.39, 0.29) is 30.1 Å². The average molecular weight is 323 g/mol. The van der Waals surface area contributed by atoms with Gasteiger partial charge in [-0.1, -0.05) is 12.1 Å². The van der Waals surface area contributed by atoms with Crippen LogP contribution in [0.15, 0.2) is 12.1 Å². The molecule has 0 aliphatic carbocycles. The molecular formula is C12H16ClFN2O5. The molecule has 0 spiro atoms. The van der Waals surface area contributed by atoms with Crippen molar-refractivity contribution in [1.29, 1.82) is 0 Å². The Morgan fingerprint density at radius 3 is 2.62 bits per heavy atom. The quantitative estimate of drug-likeness (QED) is 0.486. The van der Waals surface area contributed by atoms with Crippen molar-refractivity contribution < 1.29 is 24.0 Å². The van der Waals surface area contributed by atoms with Gasteiger partial charge in [-0.25, -0.2) is 9.18 Å². The SMILES string of the molecule is CCOC(=O)C(F)[C@@H](N)c1ccc(C)c([N+](=O)[O-])c1O.Cl. The van der Waals surface area contributed by atoms with Crippen LogP contribution in [0.4, 0.5) is 10.1 Å². The molecule has 1 rings (SSSR count). The average Bonchev–Trinajstić information content (AvgIpc) is 2.37. The Balaban J connectivity index is 0.00000400. The van der Waals surface area contributed by atoms with Crippen molar-refractivity contribution in [2.45, 2.75) is 26.1 Å².